The maximum absolute atomic E-state index is 6.32. The van der Waals surface area contributed by atoms with Gasteiger partial charge in [-0.2, -0.15) is 0 Å². The number of ether oxygens (including phenoxy) is 7. The van der Waals surface area contributed by atoms with Gasteiger partial charge in [0.25, 0.3) is 0 Å². The van der Waals surface area contributed by atoms with E-state index in [9.17, 15) is 0 Å². The average Bonchev–Trinajstić information content (AvgIpc) is 3.40. The van der Waals surface area contributed by atoms with E-state index in [-0.39, 0.29) is 24.0 Å². The Balaban J connectivity index is 1.65. The summed E-state index contributed by atoms with van der Waals surface area (Å²) in [4.78, 5) is 0. The van der Waals surface area contributed by atoms with Crippen LogP contribution in [0, 0.1) is 18.8 Å². The van der Waals surface area contributed by atoms with Gasteiger partial charge in [-0.3, -0.25) is 0 Å². The van der Waals surface area contributed by atoms with E-state index in [1.807, 2.05) is 31.2 Å². The maximum atomic E-state index is 6.32. The molecule has 2 aromatic rings. The Morgan fingerprint density at radius 1 is 0.677 bits per heavy atom. The van der Waals surface area contributed by atoms with Gasteiger partial charge in [0.15, 0.2) is 23.0 Å². The molecule has 2 aromatic carbocycles. The van der Waals surface area contributed by atoms with Crippen molar-refractivity contribution >= 4 is 0 Å². The van der Waals surface area contributed by atoms with Crippen LogP contribution in [0.1, 0.15) is 28.9 Å². The Hall–Kier alpha value is -2.64. The standard InChI is InChI=1S/C24H30O7/c1-13-15(10-20(27-4)24(29-6)21(13)28-5)23-17-12-30-22(16(17)11-31-23)14-7-8-18(25-2)19(9-14)26-3/h7-10,16-17,22-23H,11-12H2,1-6H3. The monoisotopic (exact) mass is 430 g/mol. The zero-order valence-electron chi connectivity index (χ0n) is 18.9. The fourth-order valence-electron chi connectivity index (χ4n) is 4.86. The number of fused-ring (bicyclic) bond motifs is 1. The molecule has 7 nitrogen and oxygen atoms in total. The molecular formula is C24H30O7. The SMILES string of the molecule is COc1ccc(C2OCC3C(c4cc(OC)c(OC)c(OC)c4C)OCC23)cc1OC. The lowest BCUT2D eigenvalue weighted by Gasteiger charge is -2.23. The van der Waals surface area contributed by atoms with Crippen molar-refractivity contribution in [3.8, 4) is 28.7 Å². The number of benzene rings is 2. The molecule has 7 heteroatoms. The molecule has 0 bridgehead atoms. The smallest absolute Gasteiger partial charge is 0.203 e. The third kappa shape index (κ3) is 3.55. The summed E-state index contributed by atoms with van der Waals surface area (Å²) in [6.45, 7) is 3.25. The molecule has 4 atom stereocenters. The minimum Gasteiger partial charge on any atom is -0.493 e. The second-order valence-electron chi connectivity index (χ2n) is 7.81. The summed E-state index contributed by atoms with van der Waals surface area (Å²) in [6.07, 6.45) is -0.166. The fourth-order valence-corrected chi connectivity index (χ4v) is 4.86. The first-order valence-corrected chi connectivity index (χ1v) is 10.3. The van der Waals surface area contributed by atoms with Gasteiger partial charge in [-0.1, -0.05) is 6.07 Å². The van der Waals surface area contributed by atoms with Crippen LogP contribution in [0.2, 0.25) is 0 Å². The number of methoxy groups -OCH3 is 5. The first kappa shape index (κ1) is 21.6. The minimum absolute atomic E-state index is 0.0582. The average molecular weight is 430 g/mol. The highest BCUT2D eigenvalue weighted by Gasteiger charge is 2.49. The third-order valence-corrected chi connectivity index (χ3v) is 6.43. The lowest BCUT2D eigenvalue weighted by atomic mass is 9.83. The highest BCUT2D eigenvalue weighted by Crippen LogP contribution is 2.53. The van der Waals surface area contributed by atoms with Gasteiger partial charge >= 0.3 is 0 Å². The molecule has 0 N–H and O–H groups in total. The first-order chi connectivity index (χ1) is 15.1. The molecule has 0 aliphatic carbocycles. The summed E-state index contributed by atoms with van der Waals surface area (Å²) in [5.74, 6) is 3.74. The normalized spacial score (nSPS) is 24.6. The van der Waals surface area contributed by atoms with Crippen LogP contribution < -0.4 is 23.7 Å². The molecule has 31 heavy (non-hydrogen) atoms. The van der Waals surface area contributed by atoms with Gasteiger partial charge in [-0.05, 0) is 36.2 Å². The molecule has 2 heterocycles. The molecule has 2 aliphatic rings. The van der Waals surface area contributed by atoms with Gasteiger partial charge < -0.3 is 33.2 Å². The van der Waals surface area contributed by atoms with Gasteiger partial charge in [0.2, 0.25) is 5.75 Å². The molecule has 0 aromatic heterocycles. The number of rotatable bonds is 7. The summed E-state index contributed by atoms with van der Waals surface area (Å²) in [5, 5.41) is 0. The quantitative estimate of drug-likeness (QED) is 0.655. The van der Waals surface area contributed by atoms with Crippen LogP contribution >= 0.6 is 0 Å². The summed E-state index contributed by atoms with van der Waals surface area (Å²) in [7, 11) is 8.15. The van der Waals surface area contributed by atoms with Gasteiger partial charge in [0, 0.05) is 17.4 Å². The number of hydrogen-bond acceptors (Lipinski definition) is 7. The molecule has 4 unspecified atom stereocenters. The van der Waals surface area contributed by atoms with E-state index in [1.165, 1.54) is 0 Å². The van der Waals surface area contributed by atoms with Crippen molar-refractivity contribution in [3.05, 3.63) is 41.0 Å². The highest BCUT2D eigenvalue weighted by molar-refractivity contribution is 5.59. The van der Waals surface area contributed by atoms with Crippen molar-refractivity contribution in [1.82, 2.24) is 0 Å². The van der Waals surface area contributed by atoms with E-state index in [2.05, 4.69) is 0 Å². The molecular weight excluding hydrogens is 400 g/mol. The topological polar surface area (TPSA) is 64.6 Å². The van der Waals surface area contributed by atoms with E-state index in [1.54, 1.807) is 35.5 Å². The molecule has 0 radical (unpaired) electrons. The zero-order valence-corrected chi connectivity index (χ0v) is 18.9. The molecule has 2 saturated heterocycles. The fraction of sp³-hybridized carbons (Fsp3) is 0.500. The van der Waals surface area contributed by atoms with Crippen molar-refractivity contribution in [2.45, 2.75) is 19.1 Å². The van der Waals surface area contributed by atoms with Crippen LogP contribution in [-0.2, 0) is 9.47 Å². The largest absolute Gasteiger partial charge is 0.493 e. The maximum Gasteiger partial charge on any atom is 0.203 e. The van der Waals surface area contributed by atoms with Crippen LogP contribution in [0.3, 0.4) is 0 Å². The van der Waals surface area contributed by atoms with Crippen molar-refractivity contribution in [3.63, 3.8) is 0 Å². The Morgan fingerprint density at radius 2 is 1.29 bits per heavy atom. The first-order valence-electron chi connectivity index (χ1n) is 10.3. The third-order valence-electron chi connectivity index (χ3n) is 6.43. The second kappa shape index (κ2) is 8.85. The summed E-state index contributed by atoms with van der Waals surface area (Å²) >= 11 is 0. The van der Waals surface area contributed by atoms with Crippen LogP contribution in [-0.4, -0.2) is 48.8 Å². The molecule has 0 saturated carbocycles. The zero-order chi connectivity index (χ0) is 22.1. The highest BCUT2D eigenvalue weighted by atomic mass is 16.5. The van der Waals surface area contributed by atoms with Crippen LogP contribution in [0.5, 0.6) is 28.7 Å². The Morgan fingerprint density at radius 3 is 1.90 bits per heavy atom. The molecule has 0 amide bonds. The molecule has 0 spiro atoms. The van der Waals surface area contributed by atoms with E-state index >= 15 is 0 Å². The van der Waals surface area contributed by atoms with Gasteiger partial charge in [0.1, 0.15) is 0 Å². The summed E-state index contributed by atoms with van der Waals surface area (Å²) < 4.78 is 40.2. The lowest BCUT2D eigenvalue weighted by Crippen LogP contribution is -2.15. The predicted molar refractivity (Wildman–Crippen MR) is 115 cm³/mol. The number of hydrogen-bond donors (Lipinski definition) is 0. The molecule has 4 rings (SSSR count). The molecule has 2 aliphatic heterocycles. The van der Waals surface area contributed by atoms with E-state index < -0.39 is 0 Å². The van der Waals surface area contributed by atoms with Crippen molar-refractivity contribution in [2.75, 3.05) is 48.8 Å². The van der Waals surface area contributed by atoms with E-state index in [4.69, 9.17) is 33.2 Å². The van der Waals surface area contributed by atoms with Gasteiger partial charge in [-0.25, -0.2) is 0 Å². The summed E-state index contributed by atoms with van der Waals surface area (Å²) in [6, 6.07) is 7.94. The predicted octanol–water partition coefficient (Wildman–Crippen LogP) is 4.11. The Bertz CT molecular complexity index is 942. The van der Waals surface area contributed by atoms with Crippen molar-refractivity contribution in [1.29, 1.82) is 0 Å². The van der Waals surface area contributed by atoms with Gasteiger partial charge in [-0.15, -0.1) is 0 Å². The lowest BCUT2D eigenvalue weighted by molar-refractivity contribution is 0.0188. The van der Waals surface area contributed by atoms with E-state index in [0.717, 1.165) is 16.7 Å². The molecule has 168 valence electrons. The Labute approximate surface area is 183 Å². The van der Waals surface area contributed by atoms with Crippen molar-refractivity contribution in [2.24, 2.45) is 11.8 Å². The molecule has 2 fully saturated rings. The minimum atomic E-state index is -0.108. The van der Waals surface area contributed by atoms with E-state index in [0.29, 0.717) is 42.0 Å². The second-order valence-corrected chi connectivity index (χ2v) is 7.81. The van der Waals surface area contributed by atoms with Crippen LogP contribution in [0.4, 0.5) is 0 Å². The summed E-state index contributed by atoms with van der Waals surface area (Å²) in [5.41, 5.74) is 3.09. The van der Waals surface area contributed by atoms with Crippen molar-refractivity contribution < 1.29 is 33.2 Å². The van der Waals surface area contributed by atoms with Crippen LogP contribution in [0.25, 0.3) is 0 Å². The van der Waals surface area contributed by atoms with Crippen LogP contribution in [0.15, 0.2) is 24.3 Å². The van der Waals surface area contributed by atoms with Gasteiger partial charge in [0.05, 0.1) is 61.0 Å². The Kier molecular flexibility index (Phi) is 6.16.